The molecule has 0 fully saturated rings. The third-order valence-corrected chi connectivity index (χ3v) is 0. The van der Waals surface area contributed by atoms with Gasteiger partial charge in [-0.05, 0) is 10.4 Å². The summed E-state index contributed by atoms with van der Waals surface area (Å²) in [5.41, 5.74) is 12.2. The van der Waals surface area contributed by atoms with E-state index in [2.05, 4.69) is 0 Å². The largest absolute Gasteiger partial charge is 1.00 e. The van der Waals surface area contributed by atoms with Crippen LogP contribution in [0.3, 0.4) is 0 Å². The zero-order chi connectivity index (χ0) is 2.71. The average molecular weight is 83.1 g/mol. The number of nitrogens with zero attached hydrogens (tertiary/aromatic N) is 2. The van der Waals surface area contributed by atoms with Crippen molar-refractivity contribution in [2.45, 2.75) is 0 Å². The fourth-order valence-electron chi connectivity index (χ4n) is 0. The van der Waals surface area contributed by atoms with Crippen molar-refractivity contribution in [2.75, 3.05) is 0 Å². The molecule has 0 heterocycles. The first-order valence-corrected chi connectivity index (χ1v) is 0.424. The summed E-state index contributed by atoms with van der Waals surface area (Å²) in [7, 11) is 0. The van der Waals surface area contributed by atoms with Crippen LogP contribution < -0.4 is 51.4 Å². The van der Waals surface area contributed by atoms with E-state index >= 15 is 0 Å². The molecular weight excluding hydrogens is 81.1 g/mol. The molecule has 0 aliphatic carbocycles. The molecule has 3 nitrogen and oxygen atoms in total. The molecule has 0 aliphatic heterocycles. The van der Waals surface area contributed by atoms with E-state index < -0.39 is 0 Å². The molecule has 0 bridgehead atoms. The van der Waals surface area contributed by atoms with Crippen LogP contribution in [0, 0.1) is 5.53 Å². The molecule has 4 heavy (non-hydrogen) atoms. The average Bonchev–Trinajstić information content (AvgIpc) is 0.918. The predicted molar refractivity (Wildman–Crippen MR) is 10.5 cm³/mol. The summed E-state index contributed by atoms with van der Waals surface area (Å²) in [6.07, 6.45) is 0. The summed E-state index contributed by atoms with van der Waals surface area (Å²) in [5, 5.41) is 0. The van der Waals surface area contributed by atoms with Crippen LogP contribution >= 0.6 is 0 Å². The van der Waals surface area contributed by atoms with Gasteiger partial charge in [0, 0.05) is 0 Å². The number of nitrogens with one attached hydrogen (secondary N) is 1. The van der Waals surface area contributed by atoms with E-state index in [9.17, 15) is 0 Å². The summed E-state index contributed by atoms with van der Waals surface area (Å²) in [6, 6.07) is 0. The molecule has 0 aromatic heterocycles. The van der Waals surface area contributed by atoms with E-state index in [0.29, 0.717) is 0 Å². The quantitative estimate of drug-likeness (QED) is 0.152. The standard InChI is InChI=1S/K.HN3.H/c;1-3-2;/h;1H;/q+1;;-1. The van der Waals surface area contributed by atoms with Gasteiger partial charge < -0.3 is 1.43 Å². The molecule has 0 saturated heterocycles. The van der Waals surface area contributed by atoms with Crippen molar-refractivity contribution < 1.29 is 52.8 Å². The van der Waals surface area contributed by atoms with Gasteiger partial charge in [-0.15, -0.1) is 5.53 Å². The van der Waals surface area contributed by atoms with Crippen molar-refractivity contribution in [3.8, 4) is 0 Å². The van der Waals surface area contributed by atoms with Crippen molar-refractivity contribution in [3.05, 3.63) is 10.4 Å². The maximum absolute atomic E-state index is 6.86. The van der Waals surface area contributed by atoms with Crippen LogP contribution in [-0.4, -0.2) is 0 Å². The van der Waals surface area contributed by atoms with E-state index in [1.807, 2.05) is 0 Å². The Balaban J connectivity index is -0.0000000200. The normalized spacial score (nSPS) is 2.00. The van der Waals surface area contributed by atoms with Gasteiger partial charge >= 0.3 is 51.4 Å². The maximum Gasteiger partial charge on any atom is 1.00 e. The predicted octanol–water partition coefficient (Wildman–Crippen LogP) is -2.01. The summed E-state index contributed by atoms with van der Waals surface area (Å²) >= 11 is 0. The van der Waals surface area contributed by atoms with Crippen molar-refractivity contribution in [1.29, 1.82) is 5.53 Å². The van der Waals surface area contributed by atoms with Crippen molar-refractivity contribution in [2.24, 2.45) is 0 Å². The van der Waals surface area contributed by atoms with Gasteiger partial charge in [-0.3, -0.25) is 0 Å². The molecular formula is H2KN3. The summed E-state index contributed by atoms with van der Waals surface area (Å²) in [5.74, 6) is 0. The van der Waals surface area contributed by atoms with Crippen molar-refractivity contribution in [3.63, 3.8) is 0 Å². The monoisotopic (exact) mass is 83.0 g/mol. The molecule has 18 valence electrons. The summed E-state index contributed by atoms with van der Waals surface area (Å²) < 4.78 is 0. The van der Waals surface area contributed by atoms with Gasteiger partial charge in [0.2, 0.25) is 0 Å². The van der Waals surface area contributed by atoms with Gasteiger partial charge in [0.15, 0.2) is 0 Å². The second kappa shape index (κ2) is 9.04. The molecule has 0 rings (SSSR count). The van der Waals surface area contributed by atoms with Crippen LogP contribution in [0.15, 0.2) is 0 Å². The number of hydrogen-bond acceptors (Lipinski definition) is 1. The Morgan fingerprint density at radius 2 is 2.00 bits per heavy atom. The van der Waals surface area contributed by atoms with Crippen molar-refractivity contribution >= 4 is 0 Å². The van der Waals surface area contributed by atoms with E-state index in [4.69, 9.17) is 11.1 Å². The summed E-state index contributed by atoms with van der Waals surface area (Å²) in [4.78, 5) is 1.75. The fraction of sp³-hybridized carbons (Fsp3) is 0. The minimum absolute atomic E-state index is 0. The minimum Gasteiger partial charge on any atom is -1.00 e. The Bertz CT molecular complexity index is 27.9. The van der Waals surface area contributed by atoms with Gasteiger partial charge in [-0.25, -0.2) is 0 Å². The van der Waals surface area contributed by atoms with E-state index in [1.165, 1.54) is 0 Å². The van der Waals surface area contributed by atoms with Crippen LogP contribution in [0.5, 0.6) is 0 Å². The third-order valence-electron chi connectivity index (χ3n) is 0. The molecule has 0 radical (unpaired) electrons. The molecule has 1 N–H and O–H groups in total. The maximum atomic E-state index is 6.86. The molecule has 4 heteroatoms. The summed E-state index contributed by atoms with van der Waals surface area (Å²) in [6.45, 7) is 0. The molecule has 0 aliphatic rings. The van der Waals surface area contributed by atoms with Gasteiger partial charge in [0.1, 0.15) is 0 Å². The van der Waals surface area contributed by atoms with Gasteiger partial charge in [0.25, 0.3) is 0 Å². The first kappa shape index (κ1) is 8.87. The number of rotatable bonds is 0. The Hall–Kier alpha value is 0.946. The Labute approximate surface area is 67.7 Å². The van der Waals surface area contributed by atoms with Crippen LogP contribution in [-0.2, 0) is 0 Å². The third kappa shape index (κ3) is 12.5. The van der Waals surface area contributed by atoms with Crippen LogP contribution in [0.25, 0.3) is 10.4 Å². The molecule has 0 spiro atoms. The zero-order valence-corrected chi connectivity index (χ0v) is 5.52. The molecule has 0 unspecified atom stereocenters. The van der Waals surface area contributed by atoms with Crippen molar-refractivity contribution in [1.82, 2.24) is 0 Å². The first-order chi connectivity index (χ1) is 1.41. The minimum atomic E-state index is 0. The van der Waals surface area contributed by atoms with Crippen LogP contribution in [0.1, 0.15) is 1.43 Å². The first-order valence-electron chi connectivity index (χ1n) is 0.424. The van der Waals surface area contributed by atoms with Crippen LogP contribution in [0.2, 0.25) is 0 Å². The van der Waals surface area contributed by atoms with E-state index in [1.54, 1.807) is 4.91 Å². The fourth-order valence-corrected chi connectivity index (χ4v) is 0. The molecule has 0 amide bonds. The Kier molecular flexibility index (Phi) is 20.1. The molecule has 0 aromatic rings. The van der Waals surface area contributed by atoms with Gasteiger partial charge in [-0.1, -0.05) is 0 Å². The second-order valence-electron chi connectivity index (χ2n) is 0.100. The Morgan fingerprint density at radius 1 is 2.00 bits per heavy atom. The molecule has 0 saturated carbocycles. The van der Waals surface area contributed by atoms with Crippen LogP contribution in [0.4, 0.5) is 0 Å². The van der Waals surface area contributed by atoms with E-state index in [0.717, 1.165) is 0 Å². The SMILES string of the molecule is [H-].[K+].[N-]=[N+]=N. The molecule has 0 atom stereocenters. The zero-order valence-electron chi connectivity index (χ0n) is 3.39. The van der Waals surface area contributed by atoms with Gasteiger partial charge in [0.05, 0.1) is 0 Å². The smallest absolute Gasteiger partial charge is 1.00 e. The second-order valence-corrected chi connectivity index (χ2v) is 0.100. The molecule has 0 aromatic carbocycles. The van der Waals surface area contributed by atoms with Gasteiger partial charge in [-0.2, -0.15) is 0 Å². The Morgan fingerprint density at radius 3 is 2.00 bits per heavy atom. The topological polar surface area (TPSA) is 60.3 Å². The van der Waals surface area contributed by atoms with E-state index in [-0.39, 0.29) is 52.8 Å². The number of hydrogen-bond donors (Lipinski definition) is 1.